The molecular formula is C20H26N4O2S. The lowest BCUT2D eigenvalue weighted by Gasteiger charge is -2.34. The van der Waals surface area contributed by atoms with Crippen molar-refractivity contribution in [3.05, 3.63) is 58.3 Å². The van der Waals surface area contributed by atoms with E-state index in [0.29, 0.717) is 6.54 Å². The van der Waals surface area contributed by atoms with Crippen LogP contribution in [0.25, 0.3) is 0 Å². The van der Waals surface area contributed by atoms with Crippen molar-refractivity contribution in [1.82, 2.24) is 20.4 Å². The molecule has 1 aliphatic rings. The average molecular weight is 387 g/mol. The van der Waals surface area contributed by atoms with Crippen LogP contribution in [0.2, 0.25) is 0 Å². The van der Waals surface area contributed by atoms with Crippen LogP contribution in [-0.4, -0.2) is 61.0 Å². The maximum Gasteiger partial charge on any atom is 0.321 e. The van der Waals surface area contributed by atoms with Gasteiger partial charge in [0.25, 0.3) is 0 Å². The number of piperazine rings is 1. The third-order valence-electron chi connectivity index (χ3n) is 4.65. The molecule has 1 aliphatic heterocycles. The number of hydrogen-bond acceptors (Lipinski definition) is 5. The molecule has 0 atom stereocenters. The third-order valence-corrected chi connectivity index (χ3v) is 5.52. The highest BCUT2D eigenvalue weighted by Gasteiger charge is 2.19. The number of carbonyl (C=O) groups is 2. The highest BCUT2D eigenvalue weighted by atomic mass is 32.1. The lowest BCUT2D eigenvalue weighted by atomic mass is 10.1. The van der Waals surface area contributed by atoms with Gasteiger partial charge >= 0.3 is 6.03 Å². The van der Waals surface area contributed by atoms with Crippen molar-refractivity contribution in [1.29, 1.82) is 0 Å². The zero-order valence-corrected chi connectivity index (χ0v) is 16.2. The zero-order chi connectivity index (χ0) is 18.9. The topological polar surface area (TPSA) is 64.7 Å². The highest BCUT2D eigenvalue weighted by Crippen LogP contribution is 2.07. The van der Waals surface area contributed by atoms with Crippen molar-refractivity contribution in [3.8, 4) is 0 Å². The minimum atomic E-state index is -0.435. The predicted molar refractivity (Wildman–Crippen MR) is 108 cm³/mol. The summed E-state index contributed by atoms with van der Waals surface area (Å²) in [6, 6.07) is 13.9. The van der Waals surface area contributed by atoms with E-state index in [1.807, 2.05) is 23.6 Å². The Hall–Kier alpha value is -2.22. The Bertz CT molecular complexity index is 713. The standard InChI is InChI=1S/C20H26N4O2S/c25-19(22-20(26)21-15-18-7-4-14-27-18)16-24-12-10-23(11-13-24)9-8-17-5-2-1-3-6-17/h1-7,14H,8-13,15-16H2,(H2,21,22,25,26). The molecule has 1 aromatic carbocycles. The van der Waals surface area contributed by atoms with E-state index in [-0.39, 0.29) is 12.5 Å². The first-order valence-electron chi connectivity index (χ1n) is 9.28. The van der Waals surface area contributed by atoms with Gasteiger partial charge in [0.15, 0.2) is 0 Å². The second-order valence-corrected chi connectivity index (χ2v) is 7.70. The molecule has 6 nitrogen and oxygen atoms in total. The van der Waals surface area contributed by atoms with E-state index in [9.17, 15) is 9.59 Å². The van der Waals surface area contributed by atoms with Gasteiger partial charge in [0.1, 0.15) is 0 Å². The maximum atomic E-state index is 12.1. The number of rotatable bonds is 7. The Labute approximate surface area is 164 Å². The van der Waals surface area contributed by atoms with Crippen LogP contribution in [0.3, 0.4) is 0 Å². The van der Waals surface area contributed by atoms with Gasteiger partial charge in [0.2, 0.25) is 5.91 Å². The Morgan fingerprint density at radius 3 is 2.41 bits per heavy atom. The Morgan fingerprint density at radius 1 is 0.963 bits per heavy atom. The van der Waals surface area contributed by atoms with E-state index in [2.05, 4.69) is 44.7 Å². The first kappa shape index (κ1) is 19.5. The Balaban J connectivity index is 1.30. The molecule has 3 amide bonds. The van der Waals surface area contributed by atoms with Gasteiger partial charge in [-0.2, -0.15) is 0 Å². The van der Waals surface area contributed by atoms with Crippen LogP contribution < -0.4 is 10.6 Å². The van der Waals surface area contributed by atoms with Gasteiger partial charge in [-0.15, -0.1) is 11.3 Å². The molecule has 144 valence electrons. The number of hydrogen-bond donors (Lipinski definition) is 2. The van der Waals surface area contributed by atoms with Crippen LogP contribution in [0, 0.1) is 0 Å². The number of imide groups is 1. The molecular weight excluding hydrogens is 360 g/mol. The summed E-state index contributed by atoms with van der Waals surface area (Å²) >= 11 is 1.57. The molecule has 1 saturated heterocycles. The van der Waals surface area contributed by atoms with Crippen molar-refractivity contribution in [2.45, 2.75) is 13.0 Å². The maximum absolute atomic E-state index is 12.1. The third kappa shape index (κ3) is 6.78. The number of nitrogens with one attached hydrogen (secondary N) is 2. The summed E-state index contributed by atoms with van der Waals surface area (Å²) in [6.45, 7) is 5.33. The van der Waals surface area contributed by atoms with Crippen LogP contribution in [0.4, 0.5) is 4.79 Å². The number of thiophene rings is 1. The molecule has 27 heavy (non-hydrogen) atoms. The van der Waals surface area contributed by atoms with E-state index in [0.717, 1.165) is 44.0 Å². The molecule has 2 aromatic rings. The summed E-state index contributed by atoms with van der Waals surface area (Å²) in [4.78, 5) is 29.4. The first-order chi connectivity index (χ1) is 13.2. The van der Waals surface area contributed by atoms with Crippen molar-refractivity contribution < 1.29 is 9.59 Å². The molecule has 3 rings (SSSR count). The molecule has 0 saturated carbocycles. The normalized spacial score (nSPS) is 15.4. The molecule has 1 fully saturated rings. The quantitative estimate of drug-likeness (QED) is 0.763. The minimum absolute atomic E-state index is 0.253. The number of amides is 3. The lowest BCUT2D eigenvalue weighted by molar-refractivity contribution is -0.121. The molecule has 0 aliphatic carbocycles. The lowest BCUT2D eigenvalue weighted by Crippen LogP contribution is -2.51. The van der Waals surface area contributed by atoms with Crippen LogP contribution >= 0.6 is 11.3 Å². The fourth-order valence-electron chi connectivity index (χ4n) is 3.10. The van der Waals surface area contributed by atoms with Crippen molar-refractivity contribution in [2.75, 3.05) is 39.3 Å². The first-order valence-corrected chi connectivity index (χ1v) is 10.2. The van der Waals surface area contributed by atoms with E-state index in [1.165, 1.54) is 5.56 Å². The number of benzene rings is 1. The largest absolute Gasteiger partial charge is 0.333 e. The molecule has 2 heterocycles. The van der Waals surface area contributed by atoms with Gasteiger partial charge in [-0.25, -0.2) is 4.79 Å². The fraction of sp³-hybridized carbons (Fsp3) is 0.400. The smallest absolute Gasteiger partial charge is 0.321 e. The number of carbonyl (C=O) groups excluding carboxylic acids is 2. The molecule has 0 bridgehead atoms. The Kier molecular flexibility index (Phi) is 7.38. The van der Waals surface area contributed by atoms with E-state index in [4.69, 9.17) is 0 Å². The number of urea groups is 1. The zero-order valence-electron chi connectivity index (χ0n) is 15.4. The van der Waals surface area contributed by atoms with Gasteiger partial charge in [-0.1, -0.05) is 36.4 Å². The monoisotopic (exact) mass is 386 g/mol. The molecule has 7 heteroatoms. The molecule has 0 unspecified atom stereocenters. The summed E-state index contributed by atoms with van der Waals surface area (Å²) in [5, 5.41) is 7.07. The average Bonchev–Trinajstić information content (AvgIpc) is 3.20. The summed E-state index contributed by atoms with van der Waals surface area (Å²) in [6.07, 6.45) is 1.05. The van der Waals surface area contributed by atoms with Gasteiger partial charge in [-0.05, 0) is 23.4 Å². The molecule has 2 N–H and O–H groups in total. The Morgan fingerprint density at radius 2 is 1.70 bits per heavy atom. The highest BCUT2D eigenvalue weighted by molar-refractivity contribution is 7.09. The summed E-state index contributed by atoms with van der Waals surface area (Å²) in [5.41, 5.74) is 1.35. The van der Waals surface area contributed by atoms with Crippen molar-refractivity contribution in [3.63, 3.8) is 0 Å². The van der Waals surface area contributed by atoms with E-state index < -0.39 is 6.03 Å². The summed E-state index contributed by atoms with van der Waals surface area (Å²) < 4.78 is 0. The van der Waals surface area contributed by atoms with Gasteiger partial charge in [-0.3, -0.25) is 15.0 Å². The van der Waals surface area contributed by atoms with Crippen molar-refractivity contribution in [2.24, 2.45) is 0 Å². The predicted octanol–water partition coefficient (Wildman–Crippen LogP) is 1.93. The van der Waals surface area contributed by atoms with Crippen LogP contribution in [-0.2, 0) is 17.8 Å². The summed E-state index contributed by atoms with van der Waals surface area (Å²) in [7, 11) is 0. The van der Waals surface area contributed by atoms with Crippen LogP contribution in [0.5, 0.6) is 0 Å². The summed E-state index contributed by atoms with van der Waals surface area (Å²) in [5.74, 6) is -0.253. The fourth-order valence-corrected chi connectivity index (χ4v) is 3.74. The number of nitrogens with zero attached hydrogens (tertiary/aromatic N) is 2. The SMILES string of the molecule is O=C(CN1CCN(CCc2ccccc2)CC1)NC(=O)NCc1cccs1. The van der Waals surface area contributed by atoms with Crippen molar-refractivity contribution >= 4 is 23.3 Å². The van der Waals surface area contributed by atoms with Gasteiger partial charge < -0.3 is 10.2 Å². The van der Waals surface area contributed by atoms with Gasteiger partial charge in [0, 0.05) is 37.6 Å². The second-order valence-electron chi connectivity index (χ2n) is 6.66. The van der Waals surface area contributed by atoms with Crippen LogP contribution in [0.15, 0.2) is 47.8 Å². The van der Waals surface area contributed by atoms with Crippen LogP contribution in [0.1, 0.15) is 10.4 Å². The van der Waals surface area contributed by atoms with E-state index in [1.54, 1.807) is 11.3 Å². The second kappa shape index (κ2) is 10.2. The molecule has 1 aromatic heterocycles. The molecule has 0 radical (unpaired) electrons. The minimum Gasteiger partial charge on any atom is -0.333 e. The van der Waals surface area contributed by atoms with Gasteiger partial charge in [0.05, 0.1) is 13.1 Å². The molecule has 0 spiro atoms. The van der Waals surface area contributed by atoms with E-state index >= 15 is 0 Å².